The summed E-state index contributed by atoms with van der Waals surface area (Å²) in [6, 6.07) is 65.1. The number of fused-ring (bicyclic) bond motifs is 6. The summed E-state index contributed by atoms with van der Waals surface area (Å²) in [4.78, 5) is 16.1. The molecular weight excluding hydrogens is 831 g/mol. The van der Waals surface area contributed by atoms with Gasteiger partial charge >= 0.3 is 0 Å². The maximum atomic E-state index is 10.4. The van der Waals surface area contributed by atoms with Gasteiger partial charge < -0.3 is 9.13 Å². The van der Waals surface area contributed by atoms with Crippen LogP contribution in [0.25, 0.3) is 100 Å². The number of nitriles is 2. The largest absolute Gasteiger partial charge is 0.309 e. The molecule has 0 fully saturated rings. The Balaban J connectivity index is 1.22. The van der Waals surface area contributed by atoms with Crippen molar-refractivity contribution in [1.29, 1.82) is 10.5 Å². The summed E-state index contributed by atoms with van der Waals surface area (Å²) in [5.41, 5.74) is 13.3. The minimum atomic E-state index is -0.0606. The van der Waals surface area contributed by atoms with Gasteiger partial charge in [-0.25, -0.2) is 15.0 Å². The molecule has 0 aliphatic rings. The minimum Gasteiger partial charge on any atom is -0.309 e. The first-order valence-corrected chi connectivity index (χ1v) is 23.0. The molecule has 11 rings (SSSR count). The number of rotatable bonds is 6. The Labute approximate surface area is 395 Å². The van der Waals surface area contributed by atoms with E-state index in [0.717, 1.165) is 77.2 Å². The van der Waals surface area contributed by atoms with Crippen molar-refractivity contribution in [3.63, 3.8) is 0 Å². The predicted molar refractivity (Wildman–Crippen MR) is 277 cm³/mol. The predicted octanol–water partition coefficient (Wildman–Crippen LogP) is 15.1. The Kier molecular flexibility index (Phi) is 9.92. The molecule has 3 heterocycles. The molecule has 3 aromatic heterocycles. The van der Waals surface area contributed by atoms with Gasteiger partial charge in [-0.2, -0.15) is 10.5 Å². The molecule has 0 bridgehead atoms. The summed E-state index contributed by atoms with van der Waals surface area (Å²) < 4.78 is 4.58. The number of hydrogen-bond donors (Lipinski definition) is 0. The highest BCUT2D eigenvalue weighted by molar-refractivity contribution is 6.11. The maximum absolute atomic E-state index is 10.4. The zero-order valence-corrected chi connectivity index (χ0v) is 38.9. The van der Waals surface area contributed by atoms with Crippen LogP contribution in [0.2, 0.25) is 0 Å². The molecule has 7 nitrogen and oxygen atoms in total. The molecule has 0 saturated carbocycles. The van der Waals surface area contributed by atoms with Gasteiger partial charge in [-0.1, -0.05) is 145 Å². The van der Waals surface area contributed by atoms with Crippen LogP contribution in [0.5, 0.6) is 0 Å². The van der Waals surface area contributed by atoms with E-state index in [1.807, 2.05) is 72.8 Å². The van der Waals surface area contributed by atoms with Crippen LogP contribution in [0.1, 0.15) is 63.8 Å². The zero-order chi connectivity index (χ0) is 46.9. The third-order valence-corrected chi connectivity index (χ3v) is 13.2. The molecule has 0 N–H and O–H groups in total. The highest BCUT2D eigenvalue weighted by Crippen LogP contribution is 2.42. The molecule has 7 heteroatoms. The van der Waals surface area contributed by atoms with E-state index in [9.17, 15) is 10.5 Å². The summed E-state index contributed by atoms with van der Waals surface area (Å²) in [5.74, 6) is 1.39. The van der Waals surface area contributed by atoms with Crippen LogP contribution in [0, 0.1) is 22.7 Å². The zero-order valence-electron chi connectivity index (χ0n) is 38.9. The quantitative estimate of drug-likeness (QED) is 0.166. The van der Waals surface area contributed by atoms with Crippen LogP contribution in [0.15, 0.2) is 176 Å². The number of para-hydroxylation sites is 2. The summed E-state index contributed by atoms with van der Waals surface area (Å²) in [6.07, 6.45) is 0. The first-order valence-electron chi connectivity index (χ1n) is 23.0. The van der Waals surface area contributed by atoms with Gasteiger partial charge in [0, 0.05) is 38.2 Å². The monoisotopic (exact) mass is 877 g/mol. The van der Waals surface area contributed by atoms with Crippen molar-refractivity contribution in [2.24, 2.45) is 0 Å². The van der Waals surface area contributed by atoms with Gasteiger partial charge in [0.2, 0.25) is 0 Å². The molecule has 0 aliphatic carbocycles. The average molecular weight is 878 g/mol. The highest BCUT2D eigenvalue weighted by Gasteiger charge is 2.25. The van der Waals surface area contributed by atoms with Gasteiger partial charge in [0.25, 0.3) is 0 Å². The van der Waals surface area contributed by atoms with Crippen molar-refractivity contribution < 1.29 is 0 Å². The Bertz CT molecular complexity index is 3900. The Morgan fingerprint density at radius 2 is 0.912 bits per heavy atom. The van der Waals surface area contributed by atoms with Crippen LogP contribution < -0.4 is 0 Å². The van der Waals surface area contributed by atoms with E-state index < -0.39 is 0 Å². The third kappa shape index (κ3) is 7.08. The first-order chi connectivity index (χ1) is 32.9. The van der Waals surface area contributed by atoms with E-state index in [1.165, 1.54) is 11.1 Å². The van der Waals surface area contributed by atoms with Crippen molar-refractivity contribution in [2.75, 3.05) is 0 Å². The van der Waals surface area contributed by atoms with E-state index in [4.69, 9.17) is 15.0 Å². The lowest BCUT2D eigenvalue weighted by Crippen LogP contribution is -2.10. The summed E-state index contributed by atoms with van der Waals surface area (Å²) in [6.45, 7) is 13.4. The number of hydrogen-bond acceptors (Lipinski definition) is 5. The van der Waals surface area contributed by atoms with Crippen LogP contribution >= 0.6 is 0 Å². The SMILES string of the molecule is CC(C)(C)c1ccc2c(c1)c1ccccc1n2-c1ccc(C#N)cc1-c1nc(-c2ccccc2)nc(-c2ccc(-c3ccccc3C#N)cc2-n2c3ccccc3c3cc(C(C)(C)C)ccc32)n1. The van der Waals surface area contributed by atoms with Crippen molar-refractivity contribution >= 4 is 43.6 Å². The lowest BCUT2D eigenvalue weighted by atomic mass is 9.86. The summed E-state index contributed by atoms with van der Waals surface area (Å²) in [7, 11) is 0. The van der Waals surface area contributed by atoms with Crippen molar-refractivity contribution in [2.45, 2.75) is 52.4 Å². The molecule has 0 amide bonds. The van der Waals surface area contributed by atoms with Crippen molar-refractivity contribution in [3.8, 4) is 68.8 Å². The van der Waals surface area contributed by atoms with E-state index >= 15 is 0 Å². The lowest BCUT2D eigenvalue weighted by Gasteiger charge is -2.20. The minimum absolute atomic E-state index is 0.0448. The second-order valence-electron chi connectivity index (χ2n) is 19.6. The van der Waals surface area contributed by atoms with Crippen LogP contribution in [0.3, 0.4) is 0 Å². The normalized spacial score (nSPS) is 11.9. The summed E-state index contributed by atoms with van der Waals surface area (Å²) in [5, 5.41) is 25.3. The first kappa shape index (κ1) is 42.0. The molecule has 8 aromatic carbocycles. The van der Waals surface area contributed by atoms with Gasteiger partial charge in [-0.15, -0.1) is 0 Å². The van der Waals surface area contributed by atoms with Crippen molar-refractivity contribution in [1.82, 2.24) is 24.1 Å². The molecule has 11 aromatic rings. The lowest BCUT2D eigenvalue weighted by molar-refractivity contribution is 0.591. The molecule has 0 saturated heterocycles. The molecule has 326 valence electrons. The van der Waals surface area contributed by atoms with Gasteiger partial charge in [0.1, 0.15) is 0 Å². The summed E-state index contributed by atoms with van der Waals surface area (Å²) >= 11 is 0. The molecule has 0 aliphatic heterocycles. The fourth-order valence-electron chi connectivity index (χ4n) is 9.62. The topological polar surface area (TPSA) is 96.1 Å². The van der Waals surface area contributed by atoms with E-state index in [1.54, 1.807) is 0 Å². The van der Waals surface area contributed by atoms with Crippen molar-refractivity contribution in [3.05, 3.63) is 198 Å². The van der Waals surface area contributed by atoms with E-state index in [-0.39, 0.29) is 10.8 Å². The molecule has 68 heavy (non-hydrogen) atoms. The van der Waals surface area contributed by atoms with Crippen LogP contribution in [-0.4, -0.2) is 24.1 Å². The Morgan fingerprint density at radius 1 is 0.382 bits per heavy atom. The fourth-order valence-corrected chi connectivity index (χ4v) is 9.62. The average Bonchev–Trinajstić information content (AvgIpc) is 3.87. The third-order valence-electron chi connectivity index (χ3n) is 13.2. The second kappa shape index (κ2) is 16.0. The smallest absolute Gasteiger partial charge is 0.166 e. The molecular formula is C61H47N7. The van der Waals surface area contributed by atoms with Crippen LogP contribution in [0.4, 0.5) is 0 Å². The van der Waals surface area contributed by atoms with E-state index in [2.05, 4.69) is 166 Å². The van der Waals surface area contributed by atoms with Gasteiger partial charge in [-0.05, 0) is 106 Å². The number of aromatic nitrogens is 5. The van der Waals surface area contributed by atoms with Gasteiger partial charge in [0.05, 0.1) is 56.7 Å². The van der Waals surface area contributed by atoms with Gasteiger partial charge in [0.15, 0.2) is 17.5 Å². The fraction of sp³-hybridized carbons (Fsp3) is 0.131. The van der Waals surface area contributed by atoms with E-state index in [0.29, 0.717) is 34.2 Å². The Hall–Kier alpha value is -8.65. The molecule has 0 spiro atoms. The highest BCUT2D eigenvalue weighted by atomic mass is 15.1. The standard InChI is InChI=1S/C61H47N7/c1-60(2,3)42-26-30-53-48(34-42)45-20-12-14-22-51(45)67(53)55-29-24-38(36-62)32-50(55)59-65-57(39-16-8-7-9-17-39)64-58(66-59)47-28-25-40(44-19-11-10-18-41(44)37-63)33-56(47)68-52-23-15-13-21-46(52)49-35-43(61(4,5)6)27-31-54(49)68/h7-35H,1-6H3. The molecule has 0 atom stereocenters. The van der Waals surface area contributed by atoms with Crippen LogP contribution in [-0.2, 0) is 10.8 Å². The van der Waals surface area contributed by atoms with Gasteiger partial charge in [-0.3, -0.25) is 0 Å². The number of benzene rings is 8. The molecule has 0 radical (unpaired) electrons. The molecule has 0 unspecified atom stereocenters. The maximum Gasteiger partial charge on any atom is 0.166 e. The Morgan fingerprint density at radius 3 is 1.51 bits per heavy atom. The number of nitrogens with zero attached hydrogens (tertiary/aromatic N) is 7. The second-order valence-corrected chi connectivity index (χ2v) is 19.6.